The molecule has 0 aliphatic heterocycles. The van der Waals surface area contributed by atoms with Crippen molar-refractivity contribution >= 4 is 11.0 Å². The quantitative estimate of drug-likeness (QED) is 0.644. The Kier molecular flexibility index (Phi) is 3.96. The first-order valence-corrected chi connectivity index (χ1v) is 5.67. The molecule has 0 aliphatic rings. The van der Waals surface area contributed by atoms with Crippen LogP contribution in [0.3, 0.4) is 0 Å². The molecule has 0 saturated carbocycles. The number of fused-ring (bicyclic) bond motifs is 1. The van der Waals surface area contributed by atoms with Crippen LogP contribution in [0.4, 0.5) is 0 Å². The van der Waals surface area contributed by atoms with Crippen LogP contribution in [-0.2, 0) is 0 Å². The van der Waals surface area contributed by atoms with Crippen molar-refractivity contribution in [2.45, 2.75) is 40.5 Å². The molecule has 1 aromatic carbocycles. The molecule has 0 N–H and O–H groups in total. The largest absolute Gasteiger partial charge is 0.461 e. The molecule has 82 valence electrons. The van der Waals surface area contributed by atoms with Crippen molar-refractivity contribution in [3.8, 4) is 0 Å². The minimum Gasteiger partial charge on any atom is -0.461 e. The average molecular weight is 204 g/mol. The van der Waals surface area contributed by atoms with Crippen molar-refractivity contribution < 1.29 is 4.42 Å². The number of hydrogen-bond acceptors (Lipinski definition) is 1. The Balaban J connectivity index is 0.000000531. The zero-order valence-electron chi connectivity index (χ0n) is 10.3. The maximum Gasteiger partial charge on any atom is 0.134 e. The Bertz CT molecular complexity index is 424. The van der Waals surface area contributed by atoms with E-state index in [9.17, 15) is 0 Å². The van der Waals surface area contributed by atoms with Crippen molar-refractivity contribution in [3.63, 3.8) is 0 Å². The molecule has 15 heavy (non-hydrogen) atoms. The van der Waals surface area contributed by atoms with Gasteiger partial charge in [-0.1, -0.05) is 39.8 Å². The van der Waals surface area contributed by atoms with Gasteiger partial charge in [-0.2, -0.15) is 0 Å². The van der Waals surface area contributed by atoms with Crippen LogP contribution in [0.2, 0.25) is 0 Å². The summed E-state index contributed by atoms with van der Waals surface area (Å²) in [6.07, 6.45) is 0. The van der Waals surface area contributed by atoms with E-state index in [4.69, 9.17) is 4.42 Å². The van der Waals surface area contributed by atoms with Crippen LogP contribution >= 0.6 is 0 Å². The lowest BCUT2D eigenvalue weighted by Crippen LogP contribution is -1.79. The Hall–Kier alpha value is -1.24. The van der Waals surface area contributed by atoms with Gasteiger partial charge in [-0.25, -0.2) is 0 Å². The maximum atomic E-state index is 5.71. The summed E-state index contributed by atoms with van der Waals surface area (Å²) in [5, 5.41) is 1.20. The average Bonchev–Trinajstić information content (AvgIpc) is 2.63. The van der Waals surface area contributed by atoms with E-state index in [-0.39, 0.29) is 0 Å². The number of hydrogen-bond donors (Lipinski definition) is 0. The maximum absolute atomic E-state index is 5.71. The van der Waals surface area contributed by atoms with Crippen molar-refractivity contribution in [1.82, 2.24) is 0 Å². The fraction of sp³-hybridized carbons (Fsp3) is 0.429. The zero-order chi connectivity index (χ0) is 11.4. The van der Waals surface area contributed by atoms with E-state index in [1.54, 1.807) is 0 Å². The molecule has 0 unspecified atom stereocenters. The summed E-state index contributed by atoms with van der Waals surface area (Å²) >= 11 is 0. The third-order valence-corrected chi connectivity index (χ3v) is 2.26. The molecule has 2 rings (SSSR count). The van der Waals surface area contributed by atoms with Crippen LogP contribution in [-0.4, -0.2) is 0 Å². The highest BCUT2D eigenvalue weighted by molar-refractivity contribution is 5.78. The van der Waals surface area contributed by atoms with Gasteiger partial charge >= 0.3 is 0 Å². The summed E-state index contributed by atoms with van der Waals surface area (Å²) in [5.41, 5.74) is 2.25. The number of rotatable bonds is 1. The second-order valence-corrected chi connectivity index (χ2v) is 3.84. The lowest BCUT2D eigenvalue weighted by atomic mass is 10.1. The molecule has 2 aromatic rings. The fourth-order valence-corrected chi connectivity index (χ4v) is 1.44. The Labute approximate surface area is 92.1 Å². The van der Waals surface area contributed by atoms with Gasteiger partial charge < -0.3 is 4.42 Å². The molecule has 0 fully saturated rings. The molecule has 0 radical (unpaired) electrons. The monoisotopic (exact) mass is 204 g/mol. The lowest BCUT2D eigenvalue weighted by molar-refractivity contribution is 0.521. The van der Waals surface area contributed by atoms with Crippen molar-refractivity contribution in [2.24, 2.45) is 0 Å². The van der Waals surface area contributed by atoms with Gasteiger partial charge in [0.2, 0.25) is 0 Å². The van der Waals surface area contributed by atoms with Gasteiger partial charge in [0.25, 0.3) is 0 Å². The van der Waals surface area contributed by atoms with Crippen LogP contribution in [0.1, 0.15) is 44.9 Å². The van der Waals surface area contributed by atoms with Gasteiger partial charge in [-0.05, 0) is 24.6 Å². The molecular weight excluding hydrogens is 184 g/mol. The summed E-state index contributed by atoms with van der Waals surface area (Å²) in [6, 6.07) is 8.43. The molecule has 1 heteroatoms. The summed E-state index contributed by atoms with van der Waals surface area (Å²) in [5.74, 6) is 1.54. The minimum absolute atomic E-state index is 0.465. The van der Waals surface area contributed by atoms with Gasteiger partial charge in [0.15, 0.2) is 0 Å². The number of furan rings is 1. The highest BCUT2D eigenvalue weighted by Crippen LogP contribution is 2.25. The third-order valence-electron chi connectivity index (χ3n) is 2.26. The van der Waals surface area contributed by atoms with E-state index < -0.39 is 0 Å². The number of benzene rings is 1. The fourth-order valence-electron chi connectivity index (χ4n) is 1.44. The zero-order valence-corrected chi connectivity index (χ0v) is 10.3. The van der Waals surface area contributed by atoms with Gasteiger partial charge in [0.1, 0.15) is 11.3 Å². The van der Waals surface area contributed by atoms with Crippen molar-refractivity contribution in [1.29, 1.82) is 0 Å². The Morgan fingerprint density at radius 1 is 1.07 bits per heavy atom. The Morgan fingerprint density at radius 2 is 1.73 bits per heavy atom. The van der Waals surface area contributed by atoms with Gasteiger partial charge in [-0.3, -0.25) is 0 Å². The van der Waals surface area contributed by atoms with E-state index in [0.717, 1.165) is 11.3 Å². The number of aryl methyl sites for hydroxylation is 1. The predicted molar refractivity (Wildman–Crippen MR) is 66.4 cm³/mol. The SMILES string of the molecule is CC.Cc1ccc2cc(C(C)C)oc2c1. The first kappa shape index (κ1) is 11.8. The van der Waals surface area contributed by atoms with E-state index in [0.29, 0.717) is 5.92 Å². The van der Waals surface area contributed by atoms with Crippen molar-refractivity contribution in [3.05, 3.63) is 35.6 Å². The molecule has 0 atom stereocenters. The van der Waals surface area contributed by atoms with Gasteiger partial charge in [0, 0.05) is 11.3 Å². The van der Waals surface area contributed by atoms with Crippen LogP contribution < -0.4 is 0 Å². The highest BCUT2D eigenvalue weighted by atomic mass is 16.3. The molecule has 0 aliphatic carbocycles. The topological polar surface area (TPSA) is 13.1 Å². The predicted octanol–water partition coefficient (Wildman–Crippen LogP) is 4.89. The highest BCUT2D eigenvalue weighted by Gasteiger charge is 2.06. The molecule has 1 aromatic heterocycles. The second-order valence-electron chi connectivity index (χ2n) is 3.84. The Morgan fingerprint density at radius 3 is 2.33 bits per heavy atom. The summed E-state index contributed by atoms with van der Waals surface area (Å²) in [7, 11) is 0. The van der Waals surface area contributed by atoms with E-state index >= 15 is 0 Å². The molecule has 0 bridgehead atoms. The molecular formula is C14H20O. The lowest BCUT2D eigenvalue weighted by Gasteiger charge is -1.95. The van der Waals surface area contributed by atoms with Crippen LogP contribution in [0, 0.1) is 6.92 Å². The van der Waals surface area contributed by atoms with Crippen LogP contribution in [0.15, 0.2) is 28.7 Å². The molecule has 1 nitrogen and oxygen atoms in total. The minimum atomic E-state index is 0.465. The standard InChI is InChI=1S/C12H14O.C2H6/c1-8(2)11-7-10-5-4-9(3)6-12(10)13-11;1-2/h4-8H,1-3H3;1-2H3. The van der Waals surface area contributed by atoms with E-state index in [2.05, 4.69) is 45.0 Å². The van der Waals surface area contributed by atoms with Crippen LogP contribution in [0.25, 0.3) is 11.0 Å². The third kappa shape index (κ3) is 2.62. The summed E-state index contributed by atoms with van der Waals surface area (Å²) < 4.78 is 5.71. The molecule has 0 spiro atoms. The van der Waals surface area contributed by atoms with Crippen LogP contribution in [0.5, 0.6) is 0 Å². The normalized spacial score (nSPS) is 10.3. The van der Waals surface area contributed by atoms with E-state index in [1.807, 2.05) is 13.8 Å². The summed E-state index contributed by atoms with van der Waals surface area (Å²) in [6.45, 7) is 10.4. The second kappa shape index (κ2) is 5.01. The summed E-state index contributed by atoms with van der Waals surface area (Å²) in [4.78, 5) is 0. The van der Waals surface area contributed by atoms with E-state index in [1.165, 1.54) is 10.9 Å². The smallest absolute Gasteiger partial charge is 0.134 e. The van der Waals surface area contributed by atoms with Gasteiger partial charge in [0.05, 0.1) is 0 Å². The molecule has 0 amide bonds. The first-order chi connectivity index (χ1) is 7.16. The molecule has 0 saturated heterocycles. The van der Waals surface area contributed by atoms with Gasteiger partial charge in [-0.15, -0.1) is 0 Å². The van der Waals surface area contributed by atoms with Crippen molar-refractivity contribution in [2.75, 3.05) is 0 Å². The molecule has 1 heterocycles. The first-order valence-electron chi connectivity index (χ1n) is 5.67.